The van der Waals surface area contributed by atoms with Gasteiger partial charge in [-0.25, -0.2) is 0 Å². The Kier molecular flexibility index (Phi) is 5.62. The third-order valence-corrected chi connectivity index (χ3v) is 5.02. The van der Waals surface area contributed by atoms with Crippen LogP contribution in [0.2, 0.25) is 0 Å². The topological polar surface area (TPSA) is 29.5 Å². The van der Waals surface area contributed by atoms with Crippen molar-refractivity contribution in [1.82, 2.24) is 0 Å². The maximum Gasteiger partial charge on any atom is 0.298 e. The van der Waals surface area contributed by atoms with Crippen LogP contribution in [0.3, 0.4) is 0 Å². The van der Waals surface area contributed by atoms with Crippen molar-refractivity contribution in [2.24, 2.45) is 0 Å². The number of benzene rings is 4. The lowest BCUT2D eigenvalue weighted by molar-refractivity contribution is -0.120. The average Bonchev–Trinajstić information content (AvgIpc) is 2.76. The maximum absolute atomic E-state index is 10.5. The maximum atomic E-state index is 10.5. The number of rotatable bonds is 6. The molecule has 148 valence electrons. The molecule has 30 heavy (non-hydrogen) atoms. The molecule has 3 nitrogen and oxygen atoms in total. The number of hydrogen-bond acceptors (Lipinski definition) is 3. The molecule has 0 saturated carbocycles. The van der Waals surface area contributed by atoms with Crippen molar-refractivity contribution < 1.29 is 9.53 Å². The summed E-state index contributed by atoms with van der Waals surface area (Å²) in [6.07, 6.45) is 0. The lowest BCUT2D eigenvalue weighted by Crippen LogP contribution is -2.10. The van der Waals surface area contributed by atoms with Gasteiger partial charge in [0.2, 0.25) is 0 Å². The summed E-state index contributed by atoms with van der Waals surface area (Å²) in [6, 6.07) is 33.0. The van der Waals surface area contributed by atoms with Crippen molar-refractivity contribution in [2.75, 3.05) is 4.90 Å². The highest BCUT2D eigenvalue weighted by Gasteiger charge is 2.13. The third kappa shape index (κ3) is 4.26. The van der Waals surface area contributed by atoms with Crippen LogP contribution in [-0.2, 0) is 4.79 Å². The van der Waals surface area contributed by atoms with Crippen molar-refractivity contribution in [3.8, 4) is 16.9 Å². The normalized spacial score (nSPS) is 10.5. The summed E-state index contributed by atoms with van der Waals surface area (Å²) >= 11 is 0. The smallest absolute Gasteiger partial charge is 0.298 e. The molecular weight excluding hydrogens is 370 g/mol. The van der Waals surface area contributed by atoms with E-state index in [1.165, 1.54) is 11.1 Å². The predicted molar refractivity (Wildman–Crippen MR) is 123 cm³/mol. The minimum Gasteiger partial charge on any atom is -0.429 e. The second-order valence-electron chi connectivity index (χ2n) is 7.30. The van der Waals surface area contributed by atoms with E-state index in [-0.39, 0.29) is 0 Å². The predicted octanol–water partition coefficient (Wildman–Crippen LogP) is 6.98. The summed E-state index contributed by atoms with van der Waals surface area (Å²) in [6.45, 7) is 4.66. The van der Waals surface area contributed by atoms with Crippen LogP contribution < -0.4 is 9.64 Å². The second-order valence-corrected chi connectivity index (χ2v) is 7.30. The first-order valence-electron chi connectivity index (χ1n) is 9.88. The standard InChI is InChI=1S/C27H23NO2/c1-20-5-3-7-25(17-20)28(26-8-4-6-21(2)18-26)24-13-9-22(10-14-24)23-11-15-27(16-12-23)30-19-29/h3-19H,1-2H3. The van der Waals surface area contributed by atoms with Gasteiger partial charge in [-0.15, -0.1) is 0 Å². The molecule has 0 fully saturated rings. The highest BCUT2D eigenvalue weighted by atomic mass is 16.5. The second kappa shape index (κ2) is 8.66. The van der Waals surface area contributed by atoms with E-state index in [0.29, 0.717) is 12.2 Å². The van der Waals surface area contributed by atoms with Crippen molar-refractivity contribution in [1.29, 1.82) is 0 Å². The van der Waals surface area contributed by atoms with Crippen LogP contribution in [0.25, 0.3) is 11.1 Å². The zero-order valence-electron chi connectivity index (χ0n) is 17.1. The molecule has 0 atom stereocenters. The number of hydrogen-bond donors (Lipinski definition) is 0. The third-order valence-electron chi connectivity index (χ3n) is 5.02. The molecule has 4 aromatic rings. The van der Waals surface area contributed by atoms with Crippen molar-refractivity contribution in [2.45, 2.75) is 13.8 Å². The lowest BCUT2D eigenvalue weighted by Gasteiger charge is -2.26. The number of carbonyl (C=O) groups is 1. The SMILES string of the molecule is Cc1cccc(N(c2ccc(-c3ccc(OC=O)cc3)cc2)c2cccc(C)c2)c1. The van der Waals surface area contributed by atoms with E-state index < -0.39 is 0 Å². The Morgan fingerprint density at radius 3 is 1.60 bits per heavy atom. The van der Waals surface area contributed by atoms with Gasteiger partial charge in [-0.2, -0.15) is 0 Å². The molecule has 4 aromatic carbocycles. The fraction of sp³-hybridized carbons (Fsp3) is 0.0741. The first-order valence-corrected chi connectivity index (χ1v) is 9.88. The largest absolute Gasteiger partial charge is 0.429 e. The lowest BCUT2D eigenvalue weighted by atomic mass is 10.0. The van der Waals surface area contributed by atoms with Gasteiger partial charge < -0.3 is 9.64 Å². The van der Waals surface area contributed by atoms with Gasteiger partial charge in [0, 0.05) is 17.1 Å². The molecule has 0 unspecified atom stereocenters. The Bertz CT molecular complexity index is 1100. The van der Waals surface area contributed by atoms with Crippen LogP contribution in [-0.4, -0.2) is 6.47 Å². The minimum absolute atomic E-state index is 0.439. The molecule has 0 bridgehead atoms. The zero-order chi connectivity index (χ0) is 20.9. The number of aryl methyl sites for hydroxylation is 2. The summed E-state index contributed by atoms with van der Waals surface area (Å²) < 4.78 is 4.88. The minimum atomic E-state index is 0.439. The molecule has 0 aliphatic rings. The molecular formula is C27H23NO2. The Hall–Kier alpha value is -3.85. The van der Waals surface area contributed by atoms with Crippen LogP contribution >= 0.6 is 0 Å². The van der Waals surface area contributed by atoms with Crippen LogP contribution in [0, 0.1) is 13.8 Å². The van der Waals surface area contributed by atoms with Gasteiger partial charge in [0.05, 0.1) is 0 Å². The Labute approximate surface area is 177 Å². The van der Waals surface area contributed by atoms with Gasteiger partial charge in [-0.3, -0.25) is 4.79 Å². The Morgan fingerprint density at radius 1 is 0.633 bits per heavy atom. The fourth-order valence-corrected chi connectivity index (χ4v) is 3.57. The van der Waals surface area contributed by atoms with E-state index in [1.807, 2.05) is 12.1 Å². The summed E-state index contributed by atoms with van der Waals surface area (Å²) in [5, 5.41) is 0. The van der Waals surface area contributed by atoms with E-state index in [1.54, 1.807) is 12.1 Å². The van der Waals surface area contributed by atoms with E-state index >= 15 is 0 Å². The van der Waals surface area contributed by atoms with Crippen molar-refractivity contribution in [3.63, 3.8) is 0 Å². The van der Waals surface area contributed by atoms with Gasteiger partial charge in [-0.1, -0.05) is 48.5 Å². The molecule has 0 aliphatic carbocycles. The van der Waals surface area contributed by atoms with Gasteiger partial charge in [0.25, 0.3) is 6.47 Å². The first-order chi connectivity index (χ1) is 14.6. The van der Waals surface area contributed by atoms with Gasteiger partial charge in [-0.05, 0) is 84.6 Å². The molecule has 0 aliphatic heterocycles. The van der Waals surface area contributed by atoms with Crippen LogP contribution in [0.5, 0.6) is 5.75 Å². The van der Waals surface area contributed by atoms with Crippen molar-refractivity contribution >= 4 is 23.5 Å². The quantitative estimate of drug-likeness (QED) is 0.331. The van der Waals surface area contributed by atoms with E-state index in [2.05, 4.69) is 91.5 Å². The first kappa shape index (κ1) is 19.5. The van der Waals surface area contributed by atoms with E-state index in [4.69, 9.17) is 4.74 Å². The summed E-state index contributed by atoms with van der Waals surface area (Å²) in [5.41, 5.74) is 7.96. The fourth-order valence-electron chi connectivity index (χ4n) is 3.57. The molecule has 0 N–H and O–H groups in total. The summed E-state index contributed by atoms with van der Waals surface area (Å²) in [7, 11) is 0. The molecule has 0 radical (unpaired) electrons. The number of ether oxygens (including phenoxy) is 1. The molecule has 0 spiro atoms. The molecule has 0 aromatic heterocycles. The molecule has 0 heterocycles. The van der Waals surface area contributed by atoms with Gasteiger partial charge in [0.15, 0.2) is 0 Å². The average molecular weight is 393 g/mol. The number of nitrogens with zero attached hydrogens (tertiary/aromatic N) is 1. The molecule has 4 rings (SSSR count). The van der Waals surface area contributed by atoms with Crippen LogP contribution in [0.15, 0.2) is 97.1 Å². The van der Waals surface area contributed by atoms with Gasteiger partial charge in [0.1, 0.15) is 5.75 Å². The number of carbonyl (C=O) groups excluding carboxylic acids is 1. The van der Waals surface area contributed by atoms with E-state index in [0.717, 1.165) is 28.2 Å². The van der Waals surface area contributed by atoms with Crippen LogP contribution in [0.4, 0.5) is 17.1 Å². The number of anilines is 3. The van der Waals surface area contributed by atoms with Gasteiger partial charge >= 0.3 is 0 Å². The van der Waals surface area contributed by atoms with E-state index in [9.17, 15) is 4.79 Å². The molecule has 3 heteroatoms. The zero-order valence-corrected chi connectivity index (χ0v) is 17.1. The molecule has 0 amide bonds. The Morgan fingerprint density at radius 2 is 1.13 bits per heavy atom. The Balaban J connectivity index is 1.71. The van der Waals surface area contributed by atoms with Crippen molar-refractivity contribution in [3.05, 3.63) is 108 Å². The highest BCUT2D eigenvalue weighted by molar-refractivity contribution is 5.78. The van der Waals surface area contributed by atoms with Crippen LogP contribution in [0.1, 0.15) is 11.1 Å². The summed E-state index contributed by atoms with van der Waals surface area (Å²) in [5.74, 6) is 0.537. The monoisotopic (exact) mass is 393 g/mol. The summed E-state index contributed by atoms with van der Waals surface area (Å²) in [4.78, 5) is 12.7. The molecule has 0 saturated heterocycles. The highest BCUT2D eigenvalue weighted by Crippen LogP contribution is 2.36.